The summed E-state index contributed by atoms with van der Waals surface area (Å²) in [7, 11) is 0. The van der Waals surface area contributed by atoms with Gasteiger partial charge in [-0.2, -0.15) is 0 Å². The van der Waals surface area contributed by atoms with E-state index in [0.29, 0.717) is 0 Å². The number of hydrogen-bond donors (Lipinski definition) is 0. The molecule has 3 rings (SSSR count). The molecule has 0 aliphatic heterocycles. The molecule has 0 saturated carbocycles. The van der Waals surface area contributed by atoms with Crippen molar-refractivity contribution < 1.29 is 0 Å². The van der Waals surface area contributed by atoms with Crippen LogP contribution in [0.15, 0.2) is 71.8 Å². The van der Waals surface area contributed by atoms with E-state index in [9.17, 15) is 0 Å². The fourth-order valence-corrected chi connectivity index (χ4v) is 3.68. The van der Waals surface area contributed by atoms with Gasteiger partial charge in [0, 0.05) is 11.8 Å². The van der Waals surface area contributed by atoms with Crippen molar-refractivity contribution in [1.82, 2.24) is 0 Å². The van der Waals surface area contributed by atoms with Gasteiger partial charge in [0.25, 0.3) is 0 Å². The van der Waals surface area contributed by atoms with Crippen LogP contribution in [0, 0.1) is 20.8 Å². The summed E-state index contributed by atoms with van der Waals surface area (Å²) >= 11 is 0. The second-order valence-corrected chi connectivity index (χ2v) is 8.77. The van der Waals surface area contributed by atoms with Crippen LogP contribution in [0.2, 0.25) is 0 Å². The van der Waals surface area contributed by atoms with Crippen LogP contribution in [0.3, 0.4) is 0 Å². The first-order valence-electron chi connectivity index (χ1n) is 11.1. The van der Waals surface area contributed by atoms with E-state index in [-0.39, 0.29) is 5.41 Å². The maximum Gasteiger partial charge on any atom is 0.0551 e. The molecule has 0 bridgehead atoms. The molecule has 2 aromatic rings. The van der Waals surface area contributed by atoms with Crippen LogP contribution in [0.25, 0.3) is 0 Å². The first kappa shape index (κ1) is 23.6. The quantitative estimate of drug-likeness (QED) is 0.455. The lowest BCUT2D eigenvalue weighted by molar-refractivity contribution is 0.506. The average molecular weight is 400 g/mol. The zero-order valence-electron chi connectivity index (χ0n) is 20.1. The zero-order chi connectivity index (χ0) is 22.3. The summed E-state index contributed by atoms with van der Waals surface area (Å²) in [4.78, 5) is 2.33. The number of anilines is 2. The van der Waals surface area contributed by atoms with Crippen LogP contribution in [0.4, 0.5) is 11.4 Å². The van der Waals surface area contributed by atoms with Gasteiger partial charge in [0.15, 0.2) is 0 Å². The molecular weight excluding hydrogens is 362 g/mol. The Morgan fingerprint density at radius 3 is 1.90 bits per heavy atom. The smallest absolute Gasteiger partial charge is 0.0551 e. The summed E-state index contributed by atoms with van der Waals surface area (Å²) in [5, 5.41) is 0. The van der Waals surface area contributed by atoms with E-state index < -0.39 is 0 Å². The fraction of sp³-hybridized carbons (Fsp3) is 0.379. The highest BCUT2D eigenvalue weighted by atomic mass is 15.1. The number of hydrogen-bond acceptors (Lipinski definition) is 1. The summed E-state index contributed by atoms with van der Waals surface area (Å²) < 4.78 is 0. The predicted octanol–water partition coefficient (Wildman–Crippen LogP) is 8.62. The number of nitrogens with zero attached hydrogens (tertiary/aromatic N) is 1. The first-order valence-corrected chi connectivity index (χ1v) is 11.1. The highest BCUT2D eigenvalue weighted by molar-refractivity contribution is 5.76. The molecule has 1 aliphatic rings. The van der Waals surface area contributed by atoms with Gasteiger partial charge in [0.05, 0.1) is 11.4 Å². The lowest BCUT2D eigenvalue weighted by atomic mass is 9.82. The Hall–Kier alpha value is -2.72. The van der Waals surface area contributed by atoms with Crippen molar-refractivity contribution in [3.63, 3.8) is 0 Å². The number of benzene rings is 2. The highest BCUT2D eigenvalue weighted by Gasteiger charge is 2.21. The van der Waals surface area contributed by atoms with Crippen molar-refractivity contribution >= 4 is 11.4 Å². The second-order valence-electron chi connectivity index (χ2n) is 8.77. The Balaban J connectivity index is 0.00000101. The Bertz CT molecular complexity index is 966. The monoisotopic (exact) mass is 399 g/mol. The van der Waals surface area contributed by atoms with E-state index in [1.54, 1.807) is 0 Å². The standard InChI is InChI=1S/C26H29N.C3H8/c1-7-26(5,6)22-13-15-24(16-14-22)27(23-11-9-8-10-12-23)25-20(3)17-19(2)18-21(25)4;1-3-2/h9,11-18H,7H2,1-6H3;3H2,1-2H3. The molecule has 2 aromatic carbocycles. The van der Waals surface area contributed by atoms with Gasteiger partial charge >= 0.3 is 0 Å². The van der Waals surface area contributed by atoms with Crippen LogP contribution in [0.1, 0.15) is 69.7 Å². The van der Waals surface area contributed by atoms with Gasteiger partial charge in [-0.25, -0.2) is 0 Å². The summed E-state index contributed by atoms with van der Waals surface area (Å²) in [6.07, 6.45) is 8.40. The van der Waals surface area contributed by atoms with Crippen LogP contribution in [-0.2, 0) is 5.41 Å². The normalized spacial score (nSPS) is 12.3. The van der Waals surface area contributed by atoms with Crippen molar-refractivity contribution in [3.05, 3.63) is 94.0 Å². The van der Waals surface area contributed by atoms with Gasteiger partial charge in [0.2, 0.25) is 0 Å². The molecule has 0 spiro atoms. The van der Waals surface area contributed by atoms with E-state index >= 15 is 0 Å². The maximum atomic E-state index is 3.11. The van der Waals surface area contributed by atoms with E-state index in [1.807, 2.05) is 12.2 Å². The first-order chi connectivity index (χ1) is 14.2. The SMILES string of the molecule is CCC.CCC(C)(C)c1ccc(N(C2=CC=C=C=C2)c2c(C)cc(C)cc2C)cc1. The van der Waals surface area contributed by atoms with Crippen LogP contribution in [0.5, 0.6) is 0 Å². The summed E-state index contributed by atoms with van der Waals surface area (Å²) in [6.45, 7) is 17.6. The Morgan fingerprint density at radius 1 is 0.867 bits per heavy atom. The minimum Gasteiger partial charge on any atom is -0.309 e. The Morgan fingerprint density at radius 2 is 1.43 bits per heavy atom. The highest BCUT2D eigenvalue weighted by Crippen LogP contribution is 2.37. The minimum atomic E-state index is 0.189. The molecule has 0 radical (unpaired) electrons. The summed E-state index contributed by atoms with van der Waals surface area (Å²) in [5.74, 6) is 0. The Labute approximate surface area is 184 Å². The lowest BCUT2D eigenvalue weighted by Crippen LogP contribution is -2.19. The molecule has 0 amide bonds. The average Bonchev–Trinajstić information content (AvgIpc) is 2.72. The lowest BCUT2D eigenvalue weighted by Gasteiger charge is -2.30. The van der Waals surface area contributed by atoms with Crippen LogP contribution in [-0.4, -0.2) is 0 Å². The fourth-order valence-electron chi connectivity index (χ4n) is 3.68. The molecule has 0 N–H and O–H groups in total. The van der Waals surface area contributed by atoms with Gasteiger partial charge < -0.3 is 4.90 Å². The van der Waals surface area contributed by atoms with E-state index in [4.69, 9.17) is 0 Å². The topological polar surface area (TPSA) is 3.24 Å². The van der Waals surface area contributed by atoms with Gasteiger partial charge in [0.1, 0.15) is 0 Å². The van der Waals surface area contributed by atoms with Gasteiger partial charge in [-0.1, -0.05) is 82.3 Å². The van der Waals surface area contributed by atoms with Gasteiger partial charge in [-0.15, -0.1) is 0 Å². The third-order valence-electron chi connectivity index (χ3n) is 5.55. The zero-order valence-corrected chi connectivity index (χ0v) is 20.1. The molecule has 0 unspecified atom stereocenters. The van der Waals surface area contributed by atoms with Crippen LogP contribution >= 0.6 is 0 Å². The molecule has 0 heterocycles. The molecule has 0 atom stereocenters. The molecule has 0 aromatic heterocycles. The number of aryl methyl sites for hydroxylation is 3. The van der Waals surface area contributed by atoms with Crippen LogP contribution < -0.4 is 4.90 Å². The molecule has 30 heavy (non-hydrogen) atoms. The Kier molecular flexibility index (Phi) is 8.13. The number of rotatable bonds is 5. The summed E-state index contributed by atoms with van der Waals surface area (Å²) in [5.41, 5.74) is 15.0. The third-order valence-corrected chi connectivity index (χ3v) is 5.55. The molecule has 158 valence electrons. The molecule has 0 fully saturated rings. The number of allylic oxidation sites excluding steroid dienone is 3. The molecular formula is C29H37N. The van der Waals surface area contributed by atoms with Crippen molar-refractivity contribution in [3.8, 4) is 0 Å². The largest absolute Gasteiger partial charge is 0.309 e. The molecule has 1 aliphatic carbocycles. The van der Waals surface area contributed by atoms with Gasteiger partial charge in [-0.3, -0.25) is 0 Å². The molecule has 0 saturated heterocycles. The van der Waals surface area contributed by atoms with E-state index in [2.05, 4.69) is 114 Å². The van der Waals surface area contributed by atoms with Gasteiger partial charge in [-0.05, 0) is 73.6 Å². The maximum absolute atomic E-state index is 3.11. The van der Waals surface area contributed by atoms with Crippen molar-refractivity contribution in [1.29, 1.82) is 0 Å². The molecule has 1 heteroatoms. The summed E-state index contributed by atoms with van der Waals surface area (Å²) in [6, 6.07) is 13.5. The van der Waals surface area contributed by atoms with Crippen molar-refractivity contribution in [2.45, 2.75) is 73.6 Å². The van der Waals surface area contributed by atoms with Crippen molar-refractivity contribution in [2.24, 2.45) is 0 Å². The second kappa shape index (κ2) is 10.4. The minimum absolute atomic E-state index is 0.189. The van der Waals surface area contributed by atoms with E-state index in [0.717, 1.165) is 12.1 Å². The van der Waals surface area contributed by atoms with Crippen molar-refractivity contribution in [2.75, 3.05) is 4.90 Å². The predicted molar refractivity (Wildman–Crippen MR) is 133 cm³/mol. The third kappa shape index (κ3) is 5.45. The van der Waals surface area contributed by atoms with E-state index in [1.165, 1.54) is 40.0 Å². The molecule has 1 nitrogen and oxygen atoms in total.